The van der Waals surface area contributed by atoms with Crippen LogP contribution in [0, 0.1) is 13.8 Å². The Labute approximate surface area is 104 Å². The first-order chi connectivity index (χ1) is 7.46. The molecule has 0 bridgehead atoms. The van der Waals surface area contributed by atoms with Gasteiger partial charge in [0.25, 0.3) is 0 Å². The Balaban J connectivity index is 2.53. The molecule has 0 saturated heterocycles. The summed E-state index contributed by atoms with van der Waals surface area (Å²) in [6.07, 6.45) is 2.17. The Kier molecular flexibility index (Phi) is 4.88. The maximum atomic E-state index is 3.54. The third-order valence-electron chi connectivity index (χ3n) is 3.14. The number of hydrogen-bond acceptors (Lipinski definition) is 2. The maximum Gasteiger partial charge on any atom is 0.0225 e. The molecule has 0 unspecified atom stereocenters. The molecule has 1 aromatic rings. The average molecular weight is 237 g/mol. The predicted molar refractivity (Wildman–Crippen MR) is 75.2 cm³/mol. The summed E-state index contributed by atoms with van der Waals surface area (Å²) in [4.78, 5) is 0. The van der Waals surface area contributed by atoms with Crippen molar-refractivity contribution in [2.75, 3.05) is 12.8 Å². The summed E-state index contributed by atoms with van der Waals surface area (Å²) in [7, 11) is 0. The number of aryl methyl sites for hydroxylation is 1. The first-order valence-electron chi connectivity index (χ1n) is 5.77. The molecule has 0 aromatic heterocycles. The van der Waals surface area contributed by atoms with E-state index in [1.165, 1.54) is 16.7 Å². The second-order valence-electron chi connectivity index (χ2n) is 4.93. The molecule has 1 N–H and O–H groups in total. The van der Waals surface area contributed by atoms with Gasteiger partial charge in [-0.15, -0.1) is 0 Å². The van der Waals surface area contributed by atoms with Gasteiger partial charge in [0.15, 0.2) is 0 Å². The van der Waals surface area contributed by atoms with E-state index in [-0.39, 0.29) is 0 Å². The molecule has 0 spiro atoms. The van der Waals surface area contributed by atoms with Crippen molar-refractivity contribution < 1.29 is 0 Å². The number of benzene rings is 1. The van der Waals surface area contributed by atoms with E-state index in [2.05, 4.69) is 57.5 Å². The molecule has 0 fully saturated rings. The topological polar surface area (TPSA) is 12.0 Å². The molecule has 2 heteroatoms. The molecule has 0 aliphatic carbocycles. The smallest absolute Gasteiger partial charge is 0.0225 e. The lowest BCUT2D eigenvalue weighted by Crippen LogP contribution is -2.31. The van der Waals surface area contributed by atoms with Gasteiger partial charge in [-0.1, -0.05) is 18.2 Å². The van der Waals surface area contributed by atoms with E-state index in [4.69, 9.17) is 0 Å². The molecule has 1 nitrogen and oxygen atoms in total. The molecular weight excluding hydrogens is 214 g/mol. The summed E-state index contributed by atoms with van der Waals surface area (Å²) in [5.74, 6) is 0. The molecule has 0 aliphatic rings. The second-order valence-corrected chi connectivity index (χ2v) is 6.44. The van der Waals surface area contributed by atoms with Gasteiger partial charge < -0.3 is 5.32 Å². The maximum absolute atomic E-state index is 3.54. The van der Waals surface area contributed by atoms with Gasteiger partial charge in [0.05, 0.1) is 0 Å². The molecule has 0 saturated carbocycles. The van der Waals surface area contributed by atoms with Crippen molar-refractivity contribution in [3.8, 4) is 0 Å². The Morgan fingerprint density at radius 2 is 1.94 bits per heavy atom. The van der Waals surface area contributed by atoms with Crippen LogP contribution in [0.1, 0.15) is 30.5 Å². The molecule has 1 aromatic carbocycles. The minimum Gasteiger partial charge on any atom is -0.311 e. The molecule has 0 amide bonds. The lowest BCUT2D eigenvalue weighted by atomic mass is 10.0. The third-order valence-corrected chi connectivity index (χ3v) is 4.39. The highest BCUT2D eigenvalue weighted by Crippen LogP contribution is 2.20. The highest BCUT2D eigenvalue weighted by atomic mass is 32.2. The second kappa shape index (κ2) is 5.74. The van der Waals surface area contributed by atoms with Crippen molar-refractivity contribution in [1.82, 2.24) is 5.32 Å². The van der Waals surface area contributed by atoms with Crippen molar-refractivity contribution in [1.29, 1.82) is 0 Å². The van der Waals surface area contributed by atoms with Gasteiger partial charge in [0.1, 0.15) is 0 Å². The van der Waals surface area contributed by atoms with E-state index in [1.807, 2.05) is 11.8 Å². The van der Waals surface area contributed by atoms with Crippen molar-refractivity contribution in [2.45, 2.75) is 39.0 Å². The molecule has 0 aliphatic heterocycles. The SMILES string of the molecule is CSC(C)(C)CNCc1cccc(C)c1C. The molecule has 0 atom stereocenters. The number of thioether (sulfide) groups is 1. The number of hydrogen-bond donors (Lipinski definition) is 1. The Morgan fingerprint density at radius 3 is 2.56 bits per heavy atom. The largest absolute Gasteiger partial charge is 0.311 e. The van der Waals surface area contributed by atoms with E-state index in [9.17, 15) is 0 Å². The number of rotatable bonds is 5. The van der Waals surface area contributed by atoms with Crippen LogP contribution in [-0.2, 0) is 6.54 Å². The van der Waals surface area contributed by atoms with E-state index in [1.54, 1.807) is 0 Å². The zero-order chi connectivity index (χ0) is 12.2. The summed E-state index contributed by atoms with van der Waals surface area (Å²) in [5, 5.41) is 3.54. The van der Waals surface area contributed by atoms with E-state index in [0.717, 1.165) is 13.1 Å². The standard InChI is InChI=1S/C14H23NS/c1-11-7-6-8-13(12(11)2)9-15-10-14(3,4)16-5/h6-8,15H,9-10H2,1-5H3. The highest BCUT2D eigenvalue weighted by Gasteiger charge is 2.14. The van der Waals surface area contributed by atoms with Crippen molar-refractivity contribution in [2.24, 2.45) is 0 Å². The van der Waals surface area contributed by atoms with Gasteiger partial charge in [0, 0.05) is 17.8 Å². The van der Waals surface area contributed by atoms with Crippen LogP contribution in [-0.4, -0.2) is 17.5 Å². The van der Waals surface area contributed by atoms with Crippen LogP contribution in [0.25, 0.3) is 0 Å². The molecule has 0 radical (unpaired) electrons. The minimum absolute atomic E-state index is 0.317. The monoisotopic (exact) mass is 237 g/mol. The lowest BCUT2D eigenvalue weighted by Gasteiger charge is -2.22. The molecular formula is C14H23NS. The summed E-state index contributed by atoms with van der Waals surface area (Å²) >= 11 is 1.91. The Morgan fingerprint density at radius 1 is 1.25 bits per heavy atom. The molecule has 90 valence electrons. The van der Waals surface area contributed by atoms with E-state index >= 15 is 0 Å². The summed E-state index contributed by atoms with van der Waals surface area (Å²) in [6, 6.07) is 6.52. The quantitative estimate of drug-likeness (QED) is 0.840. The van der Waals surface area contributed by atoms with Gasteiger partial charge in [-0.25, -0.2) is 0 Å². The molecule has 0 heterocycles. The van der Waals surface area contributed by atoms with Gasteiger partial charge in [-0.2, -0.15) is 11.8 Å². The van der Waals surface area contributed by atoms with Gasteiger partial charge in [-0.3, -0.25) is 0 Å². The van der Waals surface area contributed by atoms with E-state index in [0.29, 0.717) is 4.75 Å². The minimum atomic E-state index is 0.317. The fourth-order valence-electron chi connectivity index (χ4n) is 1.57. The predicted octanol–water partition coefficient (Wildman–Crippen LogP) is 3.53. The van der Waals surface area contributed by atoms with Crippen LogP contribution in [0.3, 0.4) is 0 Å². The molecule has 16 heavy (non-hydrogen) atoms. The molecule has 1 rings (SSSR count). The van der Waals surface area contributed by atoms with Crippen molar-refractivity contribution >= 4 is 11.8 Å². The van der Waals surface area contributed by atoms with Crippen LogP contribution in [0.5, 0.6) is 0 Å². The van der Waals surface area contributed by atoms with Crippen LogP contribution in [0.4, 0.5) is 0 Å². The van der Waals surface area contributed by atoms with Gasteiger partial charge >= 0.3 is 0 Å². The first-order valence-corrected chi connectivity index (χ1v) is 7.00. The normalized spacial score (nSPS) is 11.8. The lowest BCUT2D eigenvalue weighted by molar-refractivity contribution is 0.590. The third kappa shape index (κ3) is 3.84. The first kappa shape index (κ1) is 13.6. The van der Waals surface area contributed by atoms with Crippen LogP contribution in [0.2, 0.25) is 0 Å². The fraction of sp³-hybridized carbons (Fsp3) is 0.571. The fourth-order valence-corrected chi connectivity index (χ4v) is 1.82. The Hall–Kier alpha value is -0.470. The zero-order valence-corrected chi connectivity index (χ0v) is 11.9. The summed E-state index contributed by atoms with van der Waals surface area (Å²) < 4.78 is 0.317. The highest BCUT2D eigenvalue weighted by molar-refractivity contribution is 7.99. The van der Waals surface area contributed by atoms with Crippen molar-refractivity contribution in [3.05, 3.63) is 34.9 Å². The van der Waals surface area contributed by atoms with Crippen LogP contribution < -0.4 is 5.32 Å². The van der Waals surface area contributed by atoms with Crippen LogP contribution in [0.15, 0.2) is 18.2 Å². The van der Waals surface area contributed by atoms with E-state index < -0.39 is 0 Å². The Bertz CT molecular complexity index is 345. The zero-order valence-electron chi connectivity index (χ0n) is 11.1. The van der Waals surface area contributed by atoms with Gasteiger partial charge in [-0.05, 0) is 50.6 Å². The van der Waals surface area contributed by atoms with Crippen molar-refractivity contribution in [3.63, 3.8) is 0 Å². The number of nitrogens with one attached hydrogen (secondary N) is 1. The average Bonchev–Trinajstić information content (AvgIpc) is 2.24. The summed E-state index contributed by atoms with van der Waals surface area (Å²) in [5.41, 5.74) is 4.21. The summed E-state index contributed by atoms with van der Waals surface area (Å²) in [6.45, 7) is 10.9. The van der Waals surface area contributed by atoms with Crippen LogP contribution >= 0.6 is 11.8 Å². The van der Waals surface area contributed by atoms with Gasteiger partial charge in [0.2, 0.25) is 0 Å².